The predicted molar refractivity (Wildman–Crippen MR) is 114 cm³/mol. The van der Waals surface area contributed by atoms with Crippen LogP contribution in [-0.2, 0) is 11.2 Å². The van der Waals surface area contributed by atoms with Gasteiger partial charge in [-0.15, -0.1) is 11.3 Å². The molecule has 5 nitrogen and oxygen atoms in total. The smallest absolute Gasteiger partial charge is 0.273 e. The molecule has 0 bridgehead atoms. The van der Waals surface area contributed by atoms with Crippen LogP contribution in [0.25, 0.3) is 6.08 Å². The number of amides is 1. The van der Waals surface area contributed by atoms with Gasteiger partial charge in [-0.25, -0.2) is 5.43 Å². The van der Waals surface area contributed by atoms with Crippen molar-refractivity contribution in [3.8, 4) is 0 Å². The van der Waals surface area contributed by atoms with E-state index in [1.165, 1.54) is 55.6 Å². The summed E-state index contributed by atoms with van der Waals surface area (Å²) in [7, 11) is 0. The number of carbonyl (C=O) groups excluding carboxylic acids is 1. The Bertz CT molecular complexity index is 944. The fourth-order valence-electron chi connectivity index (χ4n) is 4.47. The maximum atomic E-state index is 12.5. The van der Waals surface area contributed by atoms with Crippen molar-refractivity contribution in [2.45, 2.75) is 44.9 Å². The molecule has 0 spiro atoms. The minimum atomic E-state index is -0.115. The lowest BCUT2D eigenvalue weighted by atomic mass is 9.99. The highest BCUT2D eigenvalue weighted by molar-refractivity contribution is 7.12. The lowest BCUT2D eigenvalue weighted by Crippen LogP contribution is -2.22. The van der Waals surface area contributed by atoms with Crippen molar-refractivity contribution in [2.24, 2.45) is 5.10 Å². The molecule has 2 fully saturated rings. The zero-order chi connectivity index (χ0) is 19.1. The maximum absolute atomic E-state index is 12.5. The monoisotopic (exact) mass is 394 g/mol. The SMILES string of the molecule is Cc1[nH]c(/C=C2/C(=O)NN=C2c2cccs2)c(C2CC2)c1CCN1CCCC1. The van der Waals surface area contributed by atoms with E-state index in [9.17, 15) is 4.79 Å². The number of aromatic nitrogens is 1. The third-order valence-corrected chi connectivity index (χ3v) is 6.94. The fraction of sp³-hybridized carbons (Fsp3) is 0.455. The number of hydrazone groups is 1. The van der Waals surface area contributed by atoms with Crippen LogP contribution in [0, 0.1) is 6.92 Å². The highest BCUT2D eigenvalue weighted by atomic mass is 32.1. The van der Waals surface area contributed by atoms with E-state index in [0.717, 1.165) is 29.2 Å². The lowest BCUT2D eigenvalue weighted by molar-refractivity contribution is -0.116. The standard InChI is InChI=1S/C22H26N4OS/c1-14-16(8-11-26-9-2-3-10-26)20(15-6-7-15)18(23-14)13-17-21(24-25-22(17)27)19-5-4-12-28-19/h4-5,12-13,15,23H,2-3,6-11H2,1H3,(H,25,27)/b17-13+. The maximum Gasteiger partial charge on any atom is 0.273 e. The first-order valence-electron chi connectivity index (χ1n) is 10.3. The van der Waals surface area contributed by atoms with Gasteiger partial charge < -0.3 is 9.88 Å². The molecular weight excluding hydrogens is 368 g/mol. The first kappa shape index (κ1) is 17.9. The topological polar surface area (TPSA) is 60.5 Å². The number of carbonyl (C=O) groups is 1. The number of likely N-dealkylation sites (tertiary alicyclic amines) is 1. The zero-order valence-corrected chi connectivity index (χ0v) is 17.1. The van der Waals surface area contributed by atoms with Gasteiger partial charge >= 0.3 is 0 Å². The molecule has 2 aromatic heterocycles. The number of hydrogen-bond acceptors (Lipinski definition) is 4. The van der Waals surface area contributed by atoms with Crippen LogP contribution in [0.2, 0.25) is 0 Å². The molecule has 1 aliphatic carbocycles. The normalized spacial score (nSPS) is 21.5. The Hall–Kier alpha value is -2.18. The van der Waals surface area contributed by atoms with E-state index in [1.807, 2.05) is 23.6 Å². The van der Waals surface area contributed by atoms with Crippen LogP contribution in [0.3, 0.4) is 0 Å². The average Bonchev–Trinajstić information content (AvgIpc) is 3.10. The fourth-order valence-corrected chi connectivity index (χ4v) is 5.20. The second kappa shape index (κ2) is 7.33. The zero-order valence-electron chi connectivity index (χ0n) is 16.3. The highest BCUT2D eigenvalue weighted by Crippen LogP contribution is 2.45. The Morgan fingerprint density at radius 1 is 1.32 bits per heavy atom. The van der Waals surface area contributed by atoms with Crippen molar-refractivity contribution in [3.63, 3.8) is 0 Å². The van der Waals surface area contributed by atoms with Crippen molar-refractivity contribution in [3.05, 3.63) is 50.5 Å². The molecule has 28 heavy (non-hydrogen) atoms. The Labute approximate surface area is 169 Å². The van der Waals surface area contributed by atoms with Gasteiger partial charge in [0.05, 0.1) is 10.5 Å². The van der Waals surface area contributed by atoms with Gasteiger partial charge in [-0.1, -0.05) is 6.07 Å². The van der Waals surface area contributed by atoms with Gasteiger partial charge in [-0.3, -0.25) is 4.79 Å². The molecule has 5 rings (SSSR count). The van der Waals surface area contributed by atoms with Gasteiger partial charge in [0, 0.05) is 17.9 Å². The minimum Gasteiger partial charge on any atom is -0.359 e. The number of nitrogens with one attached hydrogen (secondary N) is 2. The summed E-state index contributed by atoms with van der Waals surface area (Å²) in [5, 5.41) is 6.30. The largest absolute Gasteiger partial charge is 0.359 e. The molecule has 4 heterocycles. The van der Waals surface area contributed by atoms with Crippen LogP contribution in [0.4, 0.5) is 0 Å². The van der Waals surface area contributed by atoms with Crippen LogP contribution in [-0.4, -0.2) is 41.1 Å². The molecule has 3 aliphatic rings. The molecule has 0 unspecified atom stereocenters. The van der Waals surface area contributed by atoms with Crippen molar-refractivity contribution in [1.82, 2.24) is 15.3 Å². The number of thiophene rings is 1. The molecule has 1 saturated carbocycles. The summed E-state index contributed by atoms with van der Waals surface area (Å²) in [5.74, 6) is 0.521. The molecule has 2 aromatic rings. The Balaban J connectivity index is 1.47. The van der Waals surface area contributed by atoms with E-state index < -0.39 is 0 Å². The van der Waals surface area contributed by atoms with E-state index in [4.69, 9.17) is 0 Å². The molecular formula is C22H26N4OS. The van der Waals surface area contributed by atoms with E-state index in [-0.39, 0.29) is 5.91 Å². The molecule has 0 aromatic carbocycles. The lowest BCUT2D eigenvalue weighted by Gasteiger charge is -2.15. The van der Waals surface area contributed by atoms with Gasteiger partial charge in [-0.2, -0.15) is 5.10 Å². The van der Waals surface area contributed by atoms with Gasteiger partial charge in [0.2, 0.25) is 0 Å². The summed E-state index contributed by atoms with van der Waals surface area (Å²) >= 11 is 1.61. The molecule has 6 heteroatoms. The van der Waals surface area contributed by atoms with Crippen LogP contribution >= 0.6 is 11.3 Å². The summed E-state index contributed by atoms with van der Waals surface area (Å²) in [6.07, 6.45) is 8.29. The summed E-state index contributed by atoms with van der Waals surface area (Å²) < 4.78 is 0. The van der Waals surface area contributed by atoms with Gasteiger partial charge in [0.1, 0.15) is 5.71 Å². The summed E-state index contributed by atoms with van der Waals surface area (Å²) in [4.78, 5) is 19.7. The second-order valence-electron chi connectivity index (χ2n) is 8.07. The molecule has 0 radical (unpaired) electrons. The highest BCUT2D eigenvalue weighted by Gasteiger charge is 2.32. The van der Waals surface area contributed by atoms with Crippen molar-refractivity contribution < 1.29 is 4.79 Å². The molecule has 2 aliphatic heterocycles. The van der Waals surface area contributed by atoms with Crippen LogP contribution in [0.15, 0.2) is 28.2 Å². The molecule has 146 valence electrons. The van der Waals surface area contributed by atoms with Crippen LogP contribution in [0.5, 0.6) is 0 Å². The summed E-state index contributed by atoms with van der Waals surface area (Å²) in [6, 6.07) is 4.01. The minimum absolute atomic E-state index is 0.115. The van der Waals surface area contributed by atoms with Gasteiger partial charge in [0.25, 0.3) is 5.91 Å². The van der Waals surface area contributed by atoms with E-state index in [2.05, 4.69) is 27.3 Å². The molecule has 2 N–H and O–H groups in total. The quantitative estimate of drug-likeness (QED) is 0.732. The Morgan fingerprint density at radius 2 is 2.14 bits per heavy atom. The number of H-pyrrole nitrogens is 1. The van der Waals surface area contributed by atoms with Crippen LogP contribution < -0.4 is 5.43 Å². The Morgan fingerprint density at radius 3 is 2.86 bits per heavy atom. The molecule has 1 amide bonds. The summed E-state index contributed by atoms with van der Waals surface area (Å²) in [6.45, 7) is 5.78. The Kier molecular flexibility index (Phi) is 4.69. The predicted octanol–water partition coefficient (Wildman–Crippen LogP) is 3.82. The second-order valence-corrected chi connectivity index (χ2v) is 9.01. The number of aromatic amines is 1. The first-order chi connectivity index (χ1) is 13.7. The number of rotatable bonds is 6. The molecule has 0 atom stereocenters. The van der Waals surface area contributed by atoms with E-state index in [1.54, 1.807) is 11.3 Å². The van der Waals surface area contributed by atoms with Crippen molar-refractivity contribution >= 4 is 29.0 Å². The van der Waals surface area contributed by atoms with E-state index >= 15 is 0 Å². The number of hydrogen-bond donors (Lipinski definition) is 2. The van der Waals surface area contributed by atoms with Crippen molar-refractivity contribution in [1.29, 1.82) is 0 Å². The number of aryl methyl sites for hydroxylation is 1. The van der Waals surface area contributed by atoms with Gasteiger partial charge in [-0.05, 0) is 86.7 Å². The number of nitrogens with zero attached hydrogens (tertiary/aromatic N) is 2. The third kappa shape index (κ3) is 3.35. The third-order valence-electron chi connectivity index (χ3n) is 6.06. The summed E-state index contributed by atoms with van der Waals surface area (Å²) in [5.41, 5.74) is 9.33. The van der Waals surface area contributed by atoms with Gasteiger partial charge in [0.15, 0.2) is 0 Å². The van der Waals surface area contributed by atoms with Crippen LogP contribution in [0.1, 0.15) is 59.0 Å². The average molecular weight is 395 g/mol. The molecule has 1 saturated heterocycles. The first-order valence-corrected chi connectivity index (χ1v) is 11.2. The van der Waals surface area contributed by atoms with Crippen molar-refractivity contribution in [2.75, 3.05) is 19.6 Å². The van der Waals surface area contributed by atoms with E-state index in [0.29, 0.717) is 11.5 Å².